The molecule has 23 heavy (non-hydrogen) atoms. The maximum Gasteiger partial charge on any atom is 0.271 e. The van der Waals surface area contributed by atoms with Gasteiger partial charge in [-0.1, -0.05) is 31.5 Å². The summed E-state index contributed by atoms with van der Waals surface area (Å²) in [4.78, 5) is 23.4. The summed E-state index contributed by atoms with van der Waals surface area (Å²) in [5, 5.41) is 10.3. The van der Waals surface area contributed by atoms with Crippen LogP contribution < -0.4 is 10.6 Å². The van der Waals surface area contributed by atoms with Gasteiger partial charge in [-0.3, -0.25) is 9.59 Å². The summed E-state index contributed by atoms with van der Waals surface area (Å²) < 4.78 is 1.58. The molecule has 0 unspecified atom stereocenters. The average molecular weight is 335 g/mol. The second-order valence-corrected chi connectivity index (χ2v) is 5.76. The summed E-state index contributed by atoms with van der Waals surface area (Å²) in [6.45, 7) is 4.37. The monoisotopic (exact) mass is 334 g/mol. The van der Waals surface area contributed by atoms with E-state index >= 15 is 0 Å². The molecule has 0 saturated carbocycles. The Morgan fingerprint density at radius 3 is 2.65 bits per heavy atom. The molecule has 0 aliphatic carbocycles. The van der Waals surface area contributed by atoms with Gasteiger partial charge in [0.1, 0.15) is 0 Å². The summed E-state index contributed by atoms with van der Waals surface area (Å²) in [6, 6.07) is 8.83. The number of hydrogen-bond donors (Lipinski definition) is 2. The Hall–Kier alpha value is -2.34. The van der Waals surface area contributed by atoms with Crippen LogP contribution in [0.15, 0.2) is 36.5 Å². The summed E-state index contributed by atoms with van der Waals surface area (Å²) in [6.07, 6.45) is 1.70. The van der Waals surface area contributed by atoms with Crippen molar-refractivity contribution in [1.82, 2.24) is 20.4 Å². The summed E-state index contributed by atoms with van der Waals surface area (Å²) in [5.74, 6) is -0.395. The predicted molar refractivity (Wildman–Crippen MR) is 88.8 cm³/mol. The molecule has 1 heterocycles. The van der Waals surface area contributed by atoms with E-state index in [4.69, 9.17) is 11.6 Å². The lowest BCUT2D eigenvalue weighted by molar-refractivity contribution is -0.123. The zero-order valence-electron chi connectivity index (χ0n) is 13.0. The molecule has 7 heteroatoms. The van der Waals surface area contributed by atoms with Crippen LogP contribution in [-0.2, 0) is 4.79 Å². The minimum Gasteiger partial charge on any atom is -0.354 e. The average Bonchev–Trinajstić information content (AvgIpc) is 3.01. The molecule has 2 N–H and O–H groups in total. The highest BCUT2D eigenvalue weighted by Gasteiger charge is 2.10. The Labute approximate surface area is 139 Å². The van der Waals surface area contributed by atoms with Gasteiger partial charge < -0.3 is 10.6 Å². The lowest BCUT2D eigenvalue weighted by Crippen LogP contribution is -2.36. The summed E-state index contributed by atoms with van der Waals surface area (Å²) in [5.41, 5.74) is 1.08. The highest BCUT2D eigenvalue weighted by molar-refractivity contribution is 6.30. The molecule has 2 aromatic rings. The summed E-state index contributed by atoms with van der Waals surface area (Å²) >= 11 is 5.94. The smallest absolute Gasteiger partial charge is 0.271 e. The Kier molecular flexibility index (Phi) is 5.76. The highest BCUT2D eigenvalue weighted by Crippen LogP contribution is 2.14. The van der Waals surface area contributed by atoms with E-state index in [1.165, 1.54) is 0 Å². The number of nitrogens with zero attached hydrogens (tertiary/aromatic N) is 2. The van der Waals surface area contributed by atoms with Crippen LogP contribution in [0.25, 0.3) is 5.69 Å². The Morgan fingerprint density at radius 2 is 1.96 bits per heavy atom. The largest absolute Gasteiger partial charge is 0.354 e. The SMILES string of the molecule is CC(C)C(=O)NCCNC(=O)c1ccn(-c2cccc(Cl)c2)n1. The van der Waals surface area contributed by atoms with Crippen molar-refractivity contribution in [1.29, 1.82) is 0 Å². The van der Waals surface area contributed by atoms with Gasteiger partial charge in [0.05, 0.1) is 5.69 Å². The van der Waals surface area contributed by atoms with E-state index in [1.807, 2.05) is 26.0 Å². The lowest BCUT2D eigenvalue weighted by Gasteiger charge is -2.08. The second-order valence-electron chi connectivity index (χ2n) is 5.33. The molecule has 0 aliphatic heterocycles. The molecular formula is C16H19ClN4O2. The molecule has 0 fully saturated rings. The maximum absolute atomic E-state index is 12.0. The molecule has 0 bridgehead atoms. The van der Waals surface area contributed by atoms with E-state index < -0.39 is 0 Å². The van der Waals surface area contributed by atoms with Gasteiger partial charge in [0.25, 0.3) is 5.91 Å². The first kappa shape index (κ1) is 17.0. The third kappa shape index (κ3) is 4.82. The van der Waals surface area contributed by atoms with Crippen molar-refractivity contribution in [3.63, 3.8) is 0 Å². The minimum absolute atomic E-state index is 0.0375. The standard InChI is InChI=1S/C16H19ClN4O2/c1-11(2)15(22)18-7-8-19-16(23)14-6-9-21(20-14)13-5-3-4-12(17)10-13/h3-6,9-11H,7-8H2,1-2H3,(H,18,22)(H,19,23). The zero-order chi connectivity index (χ0) is 16.8. The van der Waals surface area contributed by atoms with Crippen LogP contribution in [-0.4, -0.2) is 34.7 Å². The van der Waals surface area contributed by atoms with Crippen molar-refractivity contribution >= 4 is 23.4 Å². The predicted octanol–water partition coefficient (Wildman–Crippen LogP) is 2.03. The van der Waals surface area contributed by atoms with Crippen LogP contribution in [0, 0.1) is 5.92 Å². The molecule has 0 spiro atoms. The first-order valence-electron chi connectivity index (χ1n) is 7.35. The molecule has 0 radical (unpaired) electrons. The molecule has 2 amide bonds. The van der Waals surface area contributed by atoms with Gasteiger partial charge in [-0.25, -0.2) is 4.68 Å². The van der Waals surface area contributed by atoms with Gasteiger partial charge in [0.15, 0.2) is 5.69 Å². The first-order valence-corrected chi connectivity index (χ1v) is 7.72. The van der Waals surface area contributed by atoms with Crippen LogP contribution in [0.3, 0.4) is 0 Å². The van der Waals surface area contributed by atoms with E-state index in [-0.39, 0.29) is 17.7 Å². The van der Waals surface area contributed by atoms with Crippen molar-refractivity contribution in [3.8, 4) is 5.69 Å². The molecule has 0 aliphatic rings. The number of carbonyl (C=O) groups excluding carboxylic acids is 2. The number of rotatable bonds is 6. The number of benzene rings is 1. The van der Waals surface area contributed by atoms with Crippen LogP contribution in [0.1, 0.15) is 24.3 Å². The van der Waals surface area contributed by atoms with Gasteiger partial charge in [0, 0.05) is 30.2 Å². The number of aromatic nitrogens is 2. The fourth-order valence-corrected chi connectivity index (χ4v) is 2.05. The molecule has 0 saturated heterocycles. The van der Waals surface area contributed by atoms with Crippen molar-refractivity contribution in [2.45, 2.75) is 13.8 Å². The zero-order valence-corrected chi connectivity index (χ0v) is 13.8. The molecule has 122 valence electrons. The van der Waals surface area contributed by atoms with E-state index in [9.17, 15) is 9.59 Å². The first-order chi connectivity index (χ1) is 11.0. The topological polar surface area (TPSA) is 76.0 Å². The highest BCUT2D eigenvalue weighted by atomic mass is 35.5. The normalized spacial score (nSPS) is 10.6. The second kappa shape index (κ2) is 7.78. The molecule has 0 atom stereocenters. The van der Waals surface area contributed by atoms with E-state index in [0.29, 0.717) is 23.8 Å². The van der Waals surface area contributed by atoms with Gasteiger partial charge in [0.2, 0.25) is 5.91 Å². The third-order valence-electron chi connectivity index (χ3n) is 3.13. The molecule has 2 rings (SSSR count). The summed E-state index contributed by atoms with van der Waals surface area (Å²) in [7, 11) is 0. The lowest BCUT2D eigenvalue weighted by atomic mass is 10.2. The van der Waals surface area contributed by atoms with Gasteiger partial charge >= 0.3 is 0 Å². The number of carbonyl (C=O) groups is 2. The van der Waals surface area contributed by atoms with Crippen LogP contribution >= 0.6 is 11.6 Å². The fraction of sp³-hybridized carbons (Fsp3) is 0.312. The Morgan fingerprint density at radius 1 is 1.22 bits per heavy atom. The molecule has 1 aromatic heterocycles. The maximum atomic E-state index is 12.0. The number of amides is 2. The van der Waals surface area contributed by atoms with Crippen molar-refractivity contribution in [2.75, 3.05) is 13.1 Å². The number of hydrogen-bond acceptors (Lipinski definition) is 3. The van der Waals surface area contributed by atoms with Crippen LogP contribution in [0.2, 0.25) is 5.02 Å². The fourth-order valence-electron chi connectivity index (χ4n) is 1.86. The number of nitrogens with one attached hydrogen (secondary N) is 2. The number of halogens is 1. The third-order valence-corrected chi connectivity index (χ3v) is 3.36. The van der Waals surface area contributed by atoms with Crippen LogP contribution in [0.5, 0.6) is 0 Å². The quantitative estimate of drug-likeness (QED) is 0.794. The van der Waals surface area contributed by atoms with Gasteiger partial charge in [-0.15, -0.1) is 0 Å². The van der Waals surface area contributed by atoms with Gasteiger partial charge in [-0.05, 0) is 24.3 Å². The van der Waals surface area contributed by atoms with Crippen LogP contribution in [0.4, 0.5) is 0 Å². The van der Waals surface area contributed by atoms with E-state index in [0.717, 1.165) is 5.69 Å². The van der Waals surface area contributed by atoms with E-state index in [2.05, 4.69) is 15.7 Å². The van der Waals surface area contributed by atoms with Crippen molar-refractivity contribution in [3.05, 3.63) is 47.2 Å². The minimum atomic E-state index is -0.287. The van der Waals surface area contributed by atoms with Crippen molar-refractivity contribution in [2.24, 2.45) is 5.92 Å². The van der Waals surface area contributed by atoms with Gasteiger partial charge in [-0.2, -0.15) is 5.10 Å². The Bertz CT molecular complexity index is 697. The van der Waals surface area contributed by atoms with E-state index in [1.54, 1.807) is 29.1 Å². The molecule has 6 nitrogen and oxygen atoms in total. The Balaban J connectivity index is 1.88. The molecule has 1 aromatic carbocycles. The van der Waals surface area contributed by atoms with Crippen molar-refractivity contribution < 1.29 is 9.59 Å². The molecular weight excluding hydrogens is 316 g/mol.